The van der Waals surface area contributed by atoms with E-state index in [1.54, 1.807) is 48.5 Å². The first kappa shape index (κ1) is 18.7. The number of hydrogen-bond donors (Lipinski definition) is 2. The summed E-state index contributed by atoms with van der Waals surface area (Å²) in [5.74, 6) is -0.248. The molecule has 0 atom stereocenters. The van der Waals surface area contributed by atoms with Gasteiger partial charge in [0.2, 0.25) is 0 Å². The Balaban J connectivity index is 1.61. The number of carbonyl (C=O) groups is 2. The molecule has 0 bridgehead atoms. The molecule has 0 aliphatic heterocycles. The molecule has 2 amide bonds. The van der Waals surface area contributed by atoms with Gasteiger partial charge >= 0.3 is 0 Å². The minimum atomic E-state index is -0.392. The van der Waals surface area contributed by atoms with E-state index in [-0.39, 0.29) is 10.9 Å². The Morgan fingerprint density at radius 2 is 1.78 bits per heavy atom. The van der Waals surface area contributed by atoms with E-state index in [0.717, 1.165) is 0 Å². The second kappa shape index (κ2) is 8.53. The van der Waals surface area contributed by atoms with Crippen LogP contribution in [0.15, 0.2) is 70.4 Å². The van der Waals surface area contributed by atoms with Crippen LogP contribution in [0.1, 0.15) is 26.5 Å². The summed E-state index contributed by atoms with van der Waals surface area (Å²) in [6, 6.07) is 14.4. The molecular formula is C19H13Cl2N3O3. The van der Waals surface area contributed by atoms with E-state index in [9.17, 15) is 9.59 Å². The molecule has 0 aliphatic carbocycles. The van der Waals surface area contributed by atoms with Crippen molar-refractivity contribution >= 4 is 46.9 Å². The summed E-state index contributed by atoms with van der Waals surface area (Å²) in [5.41, 5.74) is 3.59. The second-order valence-electron chi connectivity index (χ2n) is 5.37. The number of hydrogen-bond acceptors (Lipinski definition) is 4. The molecule has 2 aromatic carbocycles. The number of halogens is 2. The first-order chi connectivity index (χ1) is 13.0. The zero-order valence-electron chi connectivity index (χ0n) is 13.8. The lowest BCUT2D eigenvalue weighted by Gasteiger charge is -2.08. The number of rotatable bonds is 5. The highest BCUT2D eigenvalue weighted by atomic mass is 35.5. The average Bonchev–Trinajstić information content (AvgIpc) is 3.15. The molecule has 2 N–H and O–H groups in total. The summed E-state index contributed by atoms with van der Waals surface area (Å²) >= 11 is 11.8. The maximum Gasteiger partial charge on any atom is 0.271 e. The Morgan fingerprint density at radius 3 is 2.44 bits per heavy atom. The molecule has 6 nitrogen and oxygen atoms in total. The zero-order valence-corrected chi connectivity index (χ0v) is 15.3. The zero-order chi connectivity index (χ0) is 19.2. The largest absolute Gasteiger partial charge is 0.463 e. The fourth-order valence-electron chi connectivity index (χ4n) is 2.16. The Kier molecular flexibility index (Phi) is 5.90. The summed E-state index contributed by atoms with van der Waals surface area (Å²) in [6.07, 6.45) is 2.90. The van der Waals surface area contributed by atoms with Gasteiger partial charge in [0, 0.05) is 16.3 Å². The molecule has 0 radical (unpaired) electrons. The summed E-state index contributed by atoms with van der Waals surface area (Å²) in [5, 5.41) is 7.21. The van der Waals surface area contributed by atoms with E-state index in [4.69, 9.17) is 27.6 Å². The molecule has 8 heteroatoms. The van der Waals surface area contributed by atoms with Crippen molar-refractivity contribution < 1.29 is 14.0 Å². The van der Waals surface area contributed by atoms with E-state index < -0.39 is 5.91 Å². The highest BCUT2D eigenvalue weighted by Crippen LogP contribution is 2.22. The van der Waals surface area contributed by atoms with E-state index in [0.29, 0.717) is 27.6 Å². The van der Waals surface area contributed by atoms with Gasteiger partial charge in [-0.3, -0.25) is 9.59 Å². The highest BCUT2D eigenvalue weighted by molar-refractivity contribution is 6.37. The quantitative estimate of drug-likeness (QED) is 0.483. The van der Waals surface area contributed by atoms with Crippen LogP contribution < -0.4 is 10.7 Å². The number of benzene rings is 2. The normalized spacial score (nSPS) is 10.7. The third kappa shape index (κ3) is 4.97. The maximum atomic E-state index is 12.3. The average molecular weight is 402 g/mol. The maximum absolute atomic E-state index is 12.3. The lowest BCUT2D eigenvalue weighted by molar-refractivity contribution is 0.0954. The van der Waals surface area contributed by atoms with Crippen LogP contribution in [0.4, 0.5) is 5.69 Å². The highest BCUT2D eigenvalue weighted by Gasteiger charge is 2.11. The number of furan rings is 1. The lowest BCUT2D eigenvalue weighted by Crippen LogP contribution is -2.17. The van der Waals surface area contributed by atoms with Crippen LogP contribution in [0.25, 0.3) is 0 Å². The molecule has 0 saturated heterocycles. The third-order valence-corrected chi connectivity index (χ3v) is 4.03. The minimum absolute atomic E-state index is 0.255. The molecule has 27 heavy (non-hydrogen) atoms. The number of carbonyl (C=O) groups excluding carboxylic acids is 2. The van der Waals surface area contributed by atoms with Gasteiger partial charge in [-0.15, -0.1) is 0 Å². The Hall–Kier alpha value is -3.09. The molecule has 0 fully saturated rings. The molecule has 3 aromatic rings. The fourth-order valence-corrected chi connectivity index (χ4v) is 2.66. The SMILES string of the molecule is O=C(NN=Cc1ccco1)c1ccc(NC(=O)c2ccc(Cl)cc2Cl)cc1. The van der Waals surface area contributed by atoms with Crippen molar-refractivity contribution in [3.05, 3.63) is 87.8 Å². The molecule has 0 saturated carbocycles. The summed E-state index contributed by atoms with van der Waals surface area (Å²) in [4.78, 5) is 24.3. The topological polar surface area (TPSA) is 83.7 Å². The Labute approximate surface area is 164 Å². The number of nitrogens with zero attached hydrogens (tertiary/aromatic N) is 1. The van der Waals surface area contributed by atoms with Gasteiger partial charge in [-0.25, -0.2) is 5.43 Å². The number of hydrazone groups is 1. The van der Waals surface area contributed by atoms with Crippen molar-refractivity contribution in [2.75, 3.05) is 5.32 Å². The predicted molar refractivity (Wildman–Crippen MR) is 105 cm³/mol. The van der Waals surface area contributed by atoms with Crippen molar-refractivity contribution in [2.24, 2.45) is 5.10 Å². The standard InChI is InChI=1S/C19H13Cl2N3O3/c20-13-5-8-16(17(21)10-13)19(26)23-14-6-3-12(4-7-14)18(25)24-22-11-15-2-1-9-27-15/h1-11H,(H,23,26)(H,24,25). The van der Waals surface area contributed by atoms with Crippen molar-refractivity contribution in [1.82, 2.24) is 5.43 Å². The van der Waals surface area contributed by atoms with Crippen LogP contribution >= 0.6 is 23.2 Å². The van der Waals surface area contributed by atoms with Crippen LogP contribution in [-0.4, -0.2) is 18.0 Å². The third-order valence-electron chi connectivity index (χ3n) is 3.48. The van der Waals surface area contributed by atoms with Gasteiger partial charge in [-0.2, -0.15) is 5.10 Å². The van der Waals surface area contributed by atoms with Gasteiger partial charge in [-0.05, 0) is 54.6 Å². The first-order valence-electron chi connectivity index (χ1n) is 7.76. The molecule has 136 valence electrons. The van der Waals surface area contributed by atoms with Gasteiger partial charge in [0.25, 0.3) is 11.8 Å². The fraction of sp³-hybridized carbons (Fsp3) is 0. The van der Waals surface area contributed by atoms with Crippen LogP contribution in [0.5, 0.6) is 0 Å². The number of amides is 2. The first-order valence-corrected chi connectivity index (χ1v) is 8.52. The van der Waals surface area contributed by atoms with E-state index in [1.807, 2.05) is 0 Å². The second-order valence-corrected chi connectivity index (χ2v) is 6.21. The van der Waals surface area contributed by atoms with Crippen LogP contribution in [-0.2, 0) is 0 Å². The van der Waals surface area contributed by atoms with E-state index in [2.05, 4.69) is 15.8 Å². The predicted octanol–water partition coefficient (Wildman–Crippen LogP) is 4.60. The minimum Gasteiger partial charge on any atom is -0.463 e. The van der Waals surface area contributed by atoms with Crippen molar-refractivity contribution in [2.45, 2.75) is 0 Å². The molecule has 3 rings (SSSR count). The van der Waals surface area contributed by atoms with Crippen molar-refractivity contribution in [3.8, 4) is 0 Å². The van der Waals surface area contributed by atoms with Gasteiger partial charge in [-0.1, -0.05) is 23.2 Å². The molecule has 1 aromatic heterocycles. The Morgan fingerprint density at radius 1 is 1.00 bits per heavy atom. The van der Waals surface area contributed by atoms with Crippen molar-refractivity contribution in [1.29, 1.82) is 0 Å². The summed E-state index contributed by atoms with van der Waals surface area (Å²) < 4.78 is 5.07. The summed E-state index contributed by atoms with van der Waals surface area (Å²) in [6.45, 7) is 0. The Bertz CT molecular complexity index is 984. The van der Waals surface area contributed by atoms with Crippen LogP contribution in [0.3, 0.4) is 0 Å². The van der Waals surface area contributed by atoms with E-state index in [1.165, 1.54) is 18.5 Å². The number of anilines is 1. The molecule has 0 spiro atoms. The lowest BCUT2D eigenvalue weighted by atomic mass is 10.1. The van der Waals surface area contributed by atoms with Gasteiger partial charge in [0.1, 0.15) is 5.76 Å². The van der Waals surface area contributed by atoms with E-state index >= 15 is 0 Å². The van der Waals surface area contributed by atoms with Gasteiger partial charge < -0.3 is 9.73 Å². The molecule has 1 heterocycles. The summed E-state index contributed by atoms with van der Waals surface area (Å²) in [7, 11) is 0. The van der Waals surface area contributed by atoms with Crippen LogP contribution in [0, 0.1) is 0 Å². The molecule has 0 unspecified atom stereocenters. The smallest absolute Gasteiger partial charge is 0.271 e. The van der Waals surface area contributed by atoms with Gasteiger partial charge in [0.15, 0.2) is 0 Å². The molecular weight excluding hydrogens is 389 g/mol. The van der Waals surface area contributed by atoms with Gasteiger partial charge in [0.05, 0.1) is 23.1 Å². The van der Waals surface area contributed by atoms with Crippen molar-refractivity contribution in [3.63, 3.8) is 0 Å². The monoisotopic (exact) mass is 401 g/mol. The number of nitrogens with one attached hydrogen (secondary N) is 2. The molecule has 0 aliphatic rings. The van der Waals surface area contributed by atoms with Crippen LogP contribution in [0.2, 0.25) is 10.0 Å².